The fraction of sp³-hybridized carbons (Fsp3) is 0.167. The van der Waals surface area contributed by atoms with Gasteiger partial charge in [-0.1, -0.05) is 18.2 Å². The van der Waals surface area contributed by atoms with E-state index < -0.39 is 0 Å². The second-order valence-corrected chi connectivity index (χ2v) is 3.94. The van der Waals surface area contributed by atoms with Gasteiger partial charge in [-0.15, -0.1) is 0 Å². The van der Waals surface area contributed by atoms with Crippen molar-refractivity contribution < 1.29 is 0 Å². The Morgan fingerprint density at radius 3 is 2.56 bits per heavy atom. The van der Waals surface area contributed by atoms with Crippen molar-refractivity contribution in [2.24, 2.45) is 0 Å². The van der Waals surface area contributed by atoms with Crippen LogP contribution in [0.4, 0.5) is 11.5 Å². The quantitative estimate of drug-likeness (QED) is 0.807. The summed E-state index contributed by atoms with van der Waals surface area (Å²) in [6.45, 7) is 3.93. The number of anilines is 2. The molecule has 0 saturated carbocycles. The van der Waals surface area contributed by atoms with E-state index in [1.54, 1.807) is 0 Å². The van der Waals surface area contributed by atoms with Crippen LogP contribution in [0, 0.1) is 13.8 Å². The SMILES string of the molecule is Cc1cc(Nc2ccccc2C)nc(Cl)n1. The van der Waals surface area contributed by atoms with E-state index in [2.05, 4.69) is 15.3 Å². The predicted octanol–water partition coefficient (Wildman–Crippen LogP) is 3.49. The minimum absolute atomic E-state index is 0.260. The number of hydrogen-bond acceptors (Lipinski definition) is 3. The Morgan fingerprint density at radius 2 is 1.88 bits per heavy atom. The van der Waals surface area contributed by atoms with Gasteiger partial charge in [0.25, 0.3) is 0 Å². The number of nitrogens with one attached hydrogen (secondary N) is 1. The molecule has 3 nitrogen and oxygen atoms in total. The summed E-state index contributed by atoms with van der Waals surface area (Å²) >= 11 is 5.79. The molecule has 0 bridgehead atoms. The van der Waals surface area contributed by atoms with Gasteiger partial charge in [0.15, 0.2) is 0 Å². The zero-order valence-electron chi connectivity index (χ0n) is 9.16. The lowest BCUT2D eigenvalue weighted by Crippen LogP contribution is -1.98. The van der Waals surface area contributed by atoms with Gasteiger partial charge in [0, 0.05) is 17.4 Å². The van der Waals surface area contributed by atoms with E-state index in [1.165, 1.54) is 0 Å². The van der Waals surface area contributed by atoms with Gasteiger partial charge in [-0.2, -0.15) is 0 Å². The van der Waals surface area contributed by atoms with Gasteiger partial charge in [-0.25, -0.2) is 9.97 Å². The van der Waals surface area contributed by atoms with Gasteiger partial charge in [0.05, 0.1) is 0 Å². The van der Waals surface area contributed by atoms with E-state index in [9.17, 15) is 0 Å². The highest BCUT2D eigenvalue weighted by molar-refractivity contribution is 6.28. The number of para-hydroxylation sites is 1. The fourth-order valence-electron chi connectivity index (χ4n) is 1.45. The molecular formula is C12H12ClN3. The maximum atomic E-state index is 5.79. The molecule has 1 aromatic carbocycles. The summed E-state index contributed by atoms with van der Waals surface area (Å²) in [6.07, 6.45) is 0. The molecule has 0 unspecified atom stereocenters. The molecule has 16 heavy (non-hydrogen) atoms. The van der Waals surface area contributed by atoms with Crippen LogP contribution in [-0.2, 0) is 0 Å². The van der Waals surface area contributed by atoms with E-state index in [4.69, 9.17) is 11.6 Å². The van der Waals surface area contributed by atoms with Gasteiger partial charge in [0.1, 0.15) is 5.82 Å². The first kappa shape index (κ1) is 10.9. The minimum atomic E-state index is 0.260. The average molecular weight is 234 g/mol. The van der Waals surface area contributed by atoms with E-state index in [1.807, 2.05) is 44.2 Å². The van der Waals surface area contributed by atoms with Crippen molar-refractivity contribution in [3.8, 4) is 0 Å². The molecular weight excluding hydrogens is 222 g/mol. The summed E-state index contributed by atoms with van der Waals surface area (Å²) in [7, 11) is 0. The van der Waals surface area contributed by atoms with E-state index in [0.717, 1.165) is 16.9 Å². The monoisotopic (exact) mass is 233 g/mol. The fourth-order valence-corrected chi connectivity index (χ4v) is 1.67. The molecule has 1 aromatic heterocycles. The summed E-state index contributed by atoms with van der Waals surface area (Å²) in [5.74, 6) is 0.715. The van der Waals surface area contributed by atoms with Crippen LogP contribution in [0.2, 0.25) is 5.28 Å². The molecule has 1 N–H and O–H groups in total. The molecule has 0 saturated heterocycles. The molecule has 1 heterocycles. The van der Waals surface area contributed by atoms with Crippen LogP contribution in [0.25, 0.3) is 0 Å². The third-order valence-electron chi connectivity index (χ3n) is 2.23. The molecule has 0 aliphatic rings. The maximum Gasteiger partial charge on any atom is 0.224 e. The summed E-state index contributed by atoms with van der Waals surface area (Å²) in [5.41, 5.74) is 3.03. The molecule has 0 aliphatic carbocycles. The van der Waals surface area contributed by atoms with Crippen molar-refractivity contribution in [2.45, 2.75) is 13.8 Å². The molecule has 2 rings (SSSR count). The van der Waals surface area contributed by atoms with Gasteiger partial charge in [-0.05, 0) is 37.1 Å². The van der Waals surface area contributed by atoms with Crippen LogP contribution in [0.3, 0.4) is 0 Å². The Morgan fingerprint density at radius 1 is 1.12 bits per heavy atom. The first-order chi connectivity index (χ1) is 7.65. The van der Waals surface area contributed by atoms with Crippen molar-refractivity contribution in [3.63, 3.8) is 0 Å². The van der Waals surface area contributed by atoms with Crippen LogP contribution in [0.1, 0.15) is 11.3 Å². The van der Waals surface area contributed by atoms with E-state index in [0.29, 0.717) is 5.82 Å². The number of aromatic nitrogens is 2. The lowest BCUT2D eigenvalue weighted by atomic mass is 10.2. The van der Waals surface area contributed by atoms with Crippen molar-refractivity contribution in [1.29, 1.82) is 0 Å². The second kappa shape index (κ2) is 4.49. The molecule has 0 radical (unpaired) electrons. The molecule has 0 amide bonds. The topological polar surface area (TPSA) is 37.8 Å². The molecule has 82 valence electrons. The average Bonchev–Trinajstić information content (AvgIpc) is 2.20. The molecule has 0 aliphatic heterocycles. The van der Waals surface area contributed by atoms with Crippen molar-refractivity contribution in [2.75, 3.05) is 5.32 Å². The molecule has 0 spiro atoms. The Hall–Kier alpha value is -1.61. The lowest BCUT2D eigenvalue weighted by Gasteiger charge is -2.08. The highest BCUT2D eigenvalue weighted by Gasteiger charge is 2.01. The number of rotatable bonds is 2. The van der Waals surface area contributed by atoms with Gasteiger partial charge < -0.3 is 5.32 Å². The highest BCUT2D eigenvalue weighted by Crippen LogP contribution is 2.19. The highest BCUT2D eigenvalue weighted by atomic mass is 35.5. The van der Waals surface area contributed by atoms with Crippen LogP contribution in [0.15, 0.2) is 30.3 Å². The first-order valence-corrected chi connectivity index (χ1v) is 5.37. The molecule has 0 fully saturated rings. The minimum Gasteiger partial charge on any atom is -0.340 e. The van der Waals surface area contributed by atoms with Crippen LogP contribution in [-0.4, -0.2) is 9.97 Å². The number of benzene rings is 1. The van der Waals surface area contributed by atoms with Gasteiger partial charge >= 0.3 is 0 Å². The van der Waals surface area contributed by atoms with Crippen molar-refractivity contribution >= 4 is 23.1 Å². The van der Waals surface area contributed by atoms with E-state index >= 15 is 0 Å². The zero-order valence-corrected chi connectivity index (χ0v) is 9.92. The summed E-state index contributed by atoms with van der Waals surface area (Å²) in [6, 6.07) is 9.88. The smallest absolute Gasteiger partial charge is 0.224 e. The first-order valence-electron chi connectivity index (χ1n) is 4.99. The number of halogens is 1. The largest absolute Gasteiger partial charge is 0.340 e. The summed E-state index contributed by atoms with van der Waals surface area (Å²) in [5, 5.41) is 3.48. The zero-order chi connectivity index (χ0) is 11.5. The van der Waals surface area contributed by atoms with Crippen molar-refractivity contribution in [3.05, 3.63) is 46.9 Å². The Kier molecular flexibility index (Phi) is 3.06. The molecule has 2 aromatic rings. The standard InChI is InChI=1S/C12H12ClN3/c1-8-5-3-4-6-10(8)15-11-7-9(2)14-12(13)16-11/h3-7H,1-2H3,(H,14,15,16). The predicted molar refractivity (Wildman–Crippen MR) is 66.2 cm³/mol. The number of aryl methyl sites for hydroxylation is 2. The van der Waals surface area contributed by atoms with E-state index in [-0.39, 0.29) is 5.28 Å². The number of hydrogen-bond donors (Lipinski definition) is 1. The van der Waals surface area contributed by atoms with Crippen LogP contribution in [0.5, 0.6) is 0 Å². The number of nitrogens with zero attached hydrogens (tertiary/aromatic N) is 2. The maximum absolute atomic E-state index is 5.79. The third kappa shape index (κ3) is 2.49. The van der Waals surface area contributed by atoms with Gasteiger partial charge in [0.2, 0.25) is 5.28 Å². The van der Waals surface area contributed by atoms with Crippen LogP contribution >= 0.6 is 11.6 Å². The molecule has 4 heteroatoms. The third-order valence-corrected chi connectivity index (χ3v) is 2.40. The summed E-state index contributed by atoms with van der Waals surface area (Å²) < 4.78 is 0. The van der Waals surface area contributed by atoms with Crippen LogP contribution < -0.4 is 5.32 Å². The Balaban J connectivity index is 2.30. The summed E-state index contributed by atoms with van der Waals surface area (Å²) in [4.78, 5) is 8.13. The Bertz CT molecular complexity index is 491. The Labute approximate surface area is 99.5 Å². The molecule has 0 atom stereocenters. The van der Waals surface area contributed by atoms with Crippen molar-refractivity contribution in [1.82, 2.24) is 9.97 Å². The normalized spacial score (nSPS) is 10.2. The second-order valence-electron chi connectivity index (χ2n) is 3.60. The lowest BCUT2D eigenvalue weighted by molar-refractivity contribution is 1.10. The van der Waals surface area contributed by atoms with Gasteiger partial charge in [-0.3, -0.25) is 0 Å².